The molecule has 49 heavy (non-hydrogen) atoms. The number of amides is 2. The summed E-state index contributed by atoms with van der Waals surface area (Å²) in [6.07, 6.45) is 3.85. The van der Waals surface area contributed by atoms with Crippen molar-refractivity contribution in [3.8, 4) is 0 Å². The maximum absolute atomic E-state index is 12.4. The predicted octanol–water partition coefficient (Wildman–Crippen LogP) is 6.35. The lowest BCUT2D eigenvalue weighted by atomic mass is 10.1. The maximum Gasteiger partial charge on any atom is 0.517 e. The first-order chi connectivity index (χ1) is 22.0. The van der Waals surface area contributed by atoms with Crippen LogP contribution in [-0.4, -0.2) is 93.0 Å². The van der Waals surface area contributed by atoms with Crippen LogP contribution in [0.2, 0.25) is 0 Å². The zero-order chi connectivity index (χ0) is 38.2. The third-order valence-corrected chi connectivity index (χ3v) is 9.52. The summed E-state index contributed by atoms with van der Waals surface area (Å²) >= 11 is 0. The number of piperidine rings is 1. The number of ether oxygens (including phenoxy) is 2. The number of rotatable bonds is 3. The third kappa shape index (κ3) is 13.7. The first kappa shape index (κ1) is 43.5. The standard InChI is InChI=1S/C11H19NO2.C10H17NO3.C8H5F6NO4S2/c1-9-6-5-7-12(8-9)10(13)14-11(2,3)4;1-10(2,3)14-9(13)11-6-4-5-8(12)7-11;9-7(10,11)20(16,17)15(6-4-2-1-3-5-6)21(18,19)8(12,13)14/h6H,5,7-8H2,1-4H3;4-7H2,1-3H3;1-5H. The van der Waals surface area contributed by atoms with Gasteiger partial charge in [-0.2, -0.15) is 43.2 Å². The zero-order valence-corrected chi connectivity index (χ0v) is 29.6. The van der Waals surface area contributed by atoms with E-state index in [1.165, 1.54) is 10.5 Å². The second-order valence-corrected chi connectivity index (χ2v) is 16.5. The Balaban J connectivity index is 0.000000380. The summed E-state index contributed by atoms with van der Waals surface area (Å²) < 4.78 is 128. The van der Waals surface area contributed by atoms with Gasteiger partial charge in [0.25, 0.3) is 0 Å². The lowest BCUT2D eigenvalue weighted by molar-refractivity contribution is -0.122. The van der Waals surface area contributed by atoms with E-state index < -0.39 is 51.7 Å². The number of benzene rings is 1. The van der Waals surface area contributed by atoms with Gasteiger partial charge in [0.05, 0.1) is 12.2 Å². The van der Waals surface area contributed by atoms with E-state index in [0.717, 1.165) is 37.6 Å². The van der Waals surface area contributed by atoms with E-state index in [2.05, 4.69) is 6.08 Å². The molecule has 1 aromatic carbocycles. The molecule has 2 aliphatic heterocycles. The summed E-state index contributed by atoms with van der Waals surface area (Å²) in [6, 6.07) is 3.85. The Hall–Kier alpha value is -3.55. The first-order valence-corrected chi connectivity index (χ1v) is 17.5. The molecule has 1 saturated heterocycles. The molecular weight excluding hydrogens is 712 g/mol. The number of likely N-dealkylation sites (tertiary alicyclic amines) is 1. The second-order valence-electron chi connectivity index (χ2n) is 12.7. The van der Waals surface area contributed by atoms with Gasteiger partial charge in [0.1, 0.15) is 11.2 Å². The lowest BCUT2D eigenvalue weighted by Gasteiger charge is -2.29. The number of halogens is 6. The van der Waals surface area contributed by atoms with Crippen molar-refractivity contribution in [1.82, 2.24) is 9.80 Å². The average Bonchev–Trinajstić information content (AvgIpc) is 2.91. The Morgan fingerprint density at radius 2 is 1.16 bits per heavy atom. The van der Waals surface area contributed by atoms with Crippen molar-refractivity contribution >= 4 is 43.7 Å². The molecule has 2 aliphatic rings. The molecule has 0 bridgehead atoms. The number of carbonyl (C=O) groups is 3. The Labute approximate surface area is 282 Å². The predicted molar refractivity (Wildman–Crippen MR) is 167 cm³/mol. The summed E-state index contributed by atoms with van der Waals surface area (Å²) in [5.74, 6) is 0.113. The summed E-state index contributed by atoms with van der Waals surface area (Å²) in [6.45, 7) is 15.4. The minimum Gasteiger partial charge on any atom is -0.444 e. The molecule has 0 atom stereocenters. The molecule has 1 fully saturated rings. The van der Waals surface area contributed by atoms with Crippen molar-refractivity contribution in [3.63, 3.8) is 0 Å². The van der Waals surface area contributed by atoms with Crippen LogP contribution in [0.4, 0.5) is 41.6 Å². The van der Waals surface area contributed by atoms with Crippen molar-refractivity contribution in [2.45, 2.75) is 89.9 Å². The molecule has 0 N–H and O–H groups in total. The van der Waals surface area contributed by atoms with Crippen LogP contribution in [0.3, 0.4) is 0 Å². The molecular formula is C29H41F6N3O9S2. The SMILES string of the molecule is CC(C)(C)OC(=O)N1CCCC(=O)C1.CC1=CCCN(C(=O)OC(C)(C)C)C1.O=S(=O)(N(c1ccccc1)S(=O)(=O)C(F)(F)F)C(F)(F)F. The molecule has 0 radical (unpaired) electrons. The first-order valence-electron chi connectivity index (χ1n) is 14.6. The number of carbonyl (C=O) groups excluding carboxylic acids is 3. The van der Waals surface area contributed by atoms with Gasteiger partial charge in [0, 0.05) is 26.1 Å². The van der Waals surface area contributed by atoms with Crippen molar-refractivity contribution in [2.75, 3.05) is 29.9 Å². The van der Waals surface area contributed by atoms with Gasteiger partial charge in [-0.25, -0.2) is 9.59 Å². The smallest absolute Gasteiger partial charge is 0.444 e. The molecule has 0 unspecified atom stereocenters. The van der Waals surface area contributed by atoms with Gasteiger partial charge < -0.3 is 19.3 Å². The monoisotopic (exact) mass is 753 g/mol. The fourth-order valence-corrected chi connectivity index (χ4v) is 6.57. The van der Waals surface area contributed by atoms with E-state index in [1.54, 1.807) is 4.90 Å². The van der Waals surface area contributed by atoms with Gasteiger partial charge in [0.2, 0.25) is 0 Å². The van der Waals surface area contributed by atoms with E-state index in [-0.39, 0.29) is 24.5 Å². The Kier molecular flexibility index (Phi) is 14.6. The fourth-order valence-electron chi connectivity index (χ4n) is 3.86. The van der Waals surface area contributed by atoms with Gasteiger partial charge in [-0.05, 0) is 73.4 Å². The minimum absolute atomic E-state index is 0.113. The van der Waals surface area contributed by atoms with Gasteiger partial charge in [-0.1, -0.05) is 29.8 Å². The average molecular weight is 754 g/mol. The van der Waals surface area contributed by atoms with Crippen molar-refractivity contribution < 1.29 is 67.0 Å². The van der Waals surface area contributed by atoms with Crippen LogP contribution in [0, 0.1) is 0 Å². The third-order valence-electron chi connectivity index (χ3n) is 5.87. The molecule has 1 aromatic rings. The zero-order valence-electron chi connectivity index (χ0n) is 28.0. The number of para-hydroxylation sites is 1. The van der Waals surface area contributed by atoms with Crippen molar-refractivity contribution in [1.29, 1.82) is 0 Å². The van der Waals surface area contributed by atoms with Crippen LogP contribution in [0.15, 0.2) is 42.0 Å². The van der Waals surface area contributed by atoms with Gasteiger partial charge in [-0.3, -0.25) is 4.79 Å². The fraction of sp³-hybridized carbons (Fsp3) is 0.621. The van der Waals surface area contributed by atoms with Crippen LogP contribution in [0.1, 0.15) is 67.7 Å². The van der Waals surface area contributed by atoms with Crippen molar-refractivity contribution in [2.24, 2.45) is 0 Å². The highest BCUT2D eigenvalue weighted by Gasteiger charge is 2.61. The topological polar surface area (TPSA) is 148 Å². The number of sulfonamides is 2. The van der Waals surface area contributed by atoms with Crippen LogP contribution < -0.4 is 3.71 Å². The van der Waals surface area contributed by atoms with Gasteiger partial charge >= 0.3 is 43.2 Å². The molecule has 12 nitrogen and oxygen atoms in total. The van der Waals surface area contributed by atoms with E-state index in [4.69, 9.17) is 9.47 Å². The molecule has 0 saturated carbocycles. The number of hydrogen-bond acceptors (Lipinski definition) is 9. The number of nitrogens with zero attached hydrogens (tertiary/aromatic N) is 3. The number of ketones is 1. The Bertz CT molecular complexity index is 1480. The second kappa shape index (κ2) is 16.4. The van der Waals surface area contributed by atoms with Crippen LogP contribution in [0.25, 0.3) is 0 Å². The van der Waals surface area contributed by atoms with E-state index >= 15 is 0 Å². The molecule has 3 rings (SSSR count). The quantitative estimate of drug-likeness (QED) is 0.254. The lowest BCUT2D eigenvalue weighted by Crippen LogP contribution is -2.49. The summed E-state index contributed by atoms with van der Waals surface area (Å²) in [7, 11) is -13.6. The molecule has 0 spiro atoms. The number of hydrogen-bond donors (Lipinski definition) is 0. The molecule has 20 heteroatoms. The largest absolute Gasteiger partial charge is 0.517 e. The molecule has 0 aromatic heterocycles. The Morgan fingerprint density at radius 1 is 0.735 bits per heavy atom. The maximum atomic E-state index is 12.4. The van der Waals surface area contributed by atoms with Gasteiger partial charge in [0.15, 0.2) is 5.78 Å². The highest BCUT2D eigenvalue weighted by molar-refractivity contribution is 8.11. The molecule has 2 amide bonds. The summed E-state index contributed by atoms with van der Waals surface area (Å²) in [5.41, 5.74) is -13.4. The molecule has 280 valence electrons. The van der Waals surface area contributed by atoms with Crippen LogP contribution in [-0.2, 0) is 34.3 Å². The highest BCUT2D eigenvalue weighted by atomic mass is 32.3. The number of Topliss-reactive ketones (excluding diaryl/α,β-unsaturated/α-hetero) is 1. The Morgan fingerprint density at radius 3 is 1.53 bits per heavy atom. The van der Waals surface area contributed by atoms with E-state index in [0.29, 0.717) is 31.6 Å². The number of anilines is 1. The van der Waals surface area contributed by atoms with E-state index in [1.807, 2.05) is 48.5 Å². The molecule has 0 aliphatic carbocycles. The van der Waals surface area contributed by atoms with Crippen molar-refractivity contribution in [3.05, 3.63) is 42.0 Å². The van der Waals surface area contributed by atoms with E-state index in [9.17, 15) is 57.6 Å². The highest BCUT2D eigenvalue weighted by Crippen LogP contribution is 2.38. The molecule has 2 heterocycles. The minimum atomic E-state index is -6.81. The summed E-state index contributed by atoms with van der Waals surface area (Å²) in [5, 5.41) is 0. The summed E-state index contributed by atoms with van der Waals surface area (Å²) in [4.78, 5) is 37.5. The van der Waals surface area contributed by atoms with Gasteiger partial charge in [-0.15, -0.1) is 3.71 Å². The normalized spacial score (nSPS) is 16.3. The van der Waals surface area contributed by atoms with Crippen LogP contribution >= 0.6 is 0 Å². The number of alkyl halides is 6. The van der Waals surface area contributed by atoms with Crippen LogP contribution in [0.5, 0.6) is 0 Å².